The topological polar surface area (TPSA) is 86.8 Å². The van der Waals surface area contributed by atoms with E-state index in [4.69, 9.17) is 0 Å². The van der Waals surface area contributed by atoms with Crippen LogP contribution in [0.15, 0.2) is 83.8 Å². The number of benzene rings is 3. The molecule has 3 aromatic carbocycles. The van der Waals surface area contributed by atoms with Crippen LogP contribution < -0.4 is 9.62 Å². The van der Waals surface area contributed by atoms with Crippen LogP contribution in [-0.4, -0.2) is 43.8 Å². The first-order chi connectivity index (χ1) is 19.2. The van der Waals surface area contributed by atoms with E-state index in [2.05, 4.69) is 5.32 Å². The molecule has 0 saturated heterocycles. The highest BCUT2D eigenvalue weighted by atomic mass is 32.2. The van der Waals surface area contributed by atoms with Crippen molar-refractivity contribution in [3.8, 4) is 0 Å². The molecular formula is C32H39N3O4S. The standard InChI is InChI=1S/C32H39N3O4S/c1-4-30(32(37)33-27-15-11-12-16-27)34(22-26-13-7-5-8-14-26)31(36)23-35(28-20-19-24(2)25(3)21-28)40(38,39)29-17-9-6-10-18-29/h5-10,13-14,17-21,27,30H,4,11-12,15-16,22-23H2,1-3H3,(H,33,37)/t30-/m0/s1. The summed E-state index contributed by atoms with van der Waals surface area (Å²) in [5, 5.41) is 3.14. The maximum absolute atomic E-state index is 14.1. The van der Waals surface area contributed by atoms with Crippen molar-refractivity contribution in [3.05, 3.63) is 95.6 Å². The van der Waals surface area contributed by atoms with Crippen LogP contribution in [0, 0.1) is 13.8 Å². The van der Waals surface area contributed by atoms with Crippen molar-refractivity contribution in [2.45, 2.75) is 76.4 Å². The molecule has 3 aromatic rings. The van der Waals surface area contributed by atoms with E-state index in [9.17, 15) is 18.0 Å². The van der Waals surface area contributed by atoms with Crippen molar-refractivity contribution in [1.29, 1.82) is 0 Å². The van der Waals surface area contributed by atoms with Crippen molar-refractivity contribution in [2.75, 3.05) is 10.8 Å². The van der Waals surface area contributed by atoms with Crippen LogP contribution in [0.25, 0.3) is 0 Å². The van der Waals surface area contributed by atoms with Gasteiger partial charge < -0.3 is 10.2 Å². The fraction of sp³-hybridized carbons (Fsp3) is 0.375. The number of nitrogens with one attached hydrogen (secondary N) is 1. The Labute approximate surface area is 238 Å². The third kappa shape index (κ3) is 6.91. The Kier molecular flexibility index (Phi) is 9.63. The second-order valence-electron chi connectivity index (χ2n) is 10.5. The zero-order valence-corrected chi connectivity index (χ0v) is 24.4. The molecule has 1 aliphatic rings. The molecule has 1 atom stereocenters. The Hall–Kier alpha value is -3.65. The van der Waals surface area contributed by atoms with Gasteiger partial charge in [-0.2, -0.15) is 0 Å². The molecule has 0 aromatic heterocycles. The molecule has 0 bridgehead atoms. The van der Waals surface area contributed by atoms with Gasteiger partial charge in [0.25, 0.3) is 10.0 Å². The molecular weight excluding hydrogens is 522 g/mol. The van der Waals surface area contributed by atoms with Gasteiger partial charge >= 0.3 is 0 Å². The Morgan fingerprint density at radius 1 is 0.900 bits per heavy atom. The van der Waals surface area contributed by atoms with Crippen LogP contribution >= 0.6 is 0 Å². The number of carbonyl (C=O) groups is 2. The number of nitrogens with zero attached hydrogens (tertiary/aromatic N) is 2. The zero-order chi connectivity index (χ0) is 28.7. The maximum Gasteiger partial charge on any atom is 0.264 e. The second kappa shape index (κ2) is 13.1. The van der Waals surface area contributed by atoms with E-state index in [1.807, 2.05) is 57.2 Å². The molecule has 212 valence electrons. The number of anilines is 1. The molecule has 4 rings (SSSR count). The molecule has 1 N–H and O–H groups in total. The summed E-state index contributed by atoms with van der Waals surface area (Å²) in [5.41, 5.74) is 3.21. The lowest BCUT2D eigenvalue weighted by Gasteiger charge is -2.34. The maximum atomic E-state index is 14.1. The molecule has 1 fully saturated rings. The molecule has 0 unspecified atom stereocenters. The lowest BCUT2D eigenvalue weighted by Crippen LogP contribution is -2.53. The van der Waals surface area contributed by atoms with Gasteiger partial charge in [0, 0.05) is 12.6 Å². The average Bonchev–Trinajstić information content (AvgIpc) is 3.47. The Balaban J connectivity index is 1.71. The number of hydrogen-bond acceptors (Lipinski definition) is 4. The fourth-order valence-corrected chi connectivity index (χ4v) is 6.62. The molecule has 0 heterocycles. The molecule has 8 heteroatoms. The van der Waals surface area contributed by atoms with Gasteiger partial charge in [-0.15, -0.1) is 0 Å². The summed E-state index contributed by atoms with van der Waals surface area (Å²) >= 11 is 0. The summed E-state index contributed by atoms with van der Waals surface area (Å²) in [6.45, 7) is 5.51. The number of amides is 2. The average molecular weight is 562 g/mol. The van der Waals surface area contributed by atoms with E-state index in [-0.39, 0.29) is 23.4 Å². The highest BCUT2D eigenvalue weighted by Gasteiger charge is 2.34. The first-order valence-corrected chi connectivity index (χ1v) is 15.4. The van der Waals surface area contributed by atoms with Crippen molar-refractivity contribution < 1.29 is 18.0 Å². The van der Waals surface area contributed by atoms with E-state index in [1.54, 1.807) is 30.3 Å². The van der Waals surface area contributed by atoms with Gasteiger partial charge in [0.15, 0.2) is 0 Å². The van der Waals surface area contributed by atoms with Gasteiger partial charge in [0.1, 0.15) is 12.6 Å². The van der Waals surface area contributed by atoms with Gasteiger partial charge in [-0.3, -0.25) is 13.9 Å². The molecule has 7 nitrogen and oxygen atoms in total. The lowest BCUT2D eigenvalue weighted by atomic mass is 10.1. The van der Waals surface area contributed by atoms with Crippen molar-refractivity contribution in [2.24, 2.45) is 0 Å². The van der Waals surface area contributed by atoms with E-state index >= 15 is 0 Å². The first kappa shape index (κ1) is 29.3. The summed E-state index contributed by atoms with van der Waals surface area (Å²) in [6, 6.07) is 22.4. The highest BCUT2D eigenvalue weighted by Crippen LogP contribution is 2.27. The fourth-order valence-electron chi connectivity index (χ4n) is 5.20. The Morgan fingerprint density at radius 3 is 2.12 bits per heavy atom. The minimum absolute atomic E-state index is 0.0988. The largest absolute Gasteiger partial charge is 0.352 e. The second-order valence-corrected chi connectivity index (χ2v) is 12.4. The van der Waals surface area contributed by atoms with Gasteiger partial charge in [-0.05, 0) is 74.1 Å². The molecule has 0 radical (unpaired) electrons. The van der Waals surface area contributed by atoms with E-state index in [1.165, 1.54) is 17.0 Å². The minimum atomic E-state index is -4.07. The number of aryl methyl sites for hydroxylation is 2. The third-order valence-corrected chi connectivity index (χ3v) is 9.46. The Bertz CT molecular complexity index is 1400. The number of rotatable bonds is 11. The minimum Gasteiger partial charge on any atom is -0.352 e. The Morgan fingerprint density at radius 2 is 1.52 bits per heavy atom. The summed E-state index contributed by atoms with van der Waals surface area (Å²) in [7, 11) is -4.07. The van der Waals surface area contributed by atoms with Crippen LogP contribution in [0.5, 0.6) is 0 Å². The summed E-state index contributed by atoms with van der Waals surface area (Å²) in [5.74, 6) is -0.627. The summed E-state index contributed by atoms with van der Waals surface area (Å²) in [4.78, 5) is 29.3. The van der Waals surface area contributed by atoms with E-state index < -0.39 is 28.5 Å². The molecule has 40 heavy (non-hydrogen) atoms. The predicted octanol–water partition coefficient (Wildman–Crippen LogP) is 5.36. The van der Waals surface area contributed by atoms with Crippen molar-refractivity contribution >= 4 is 27.5 Å². The lowest BCUT2D eigenvalue weighted by molar-refractivity contribution is -0.140. The number of carbonyl (C=O) groups excluding carboxylic acids is 2. The van der Waals surface area contributed by atoms with E-state index in [0.717, 1.165) is 46.7 Å². The highest BCUT2D eigenvalue weighted by molar-refractivity contribution is 7.92. The van der Waals surface area contributed by atoms with Gasteiger partial charge in [0.05, 0.1) is 10.6 Å². The van der Waals surface area contributed by atoms with Gasteiger partial charge in [0.2, 0.25) is 11.8 Å². The quantitative estimate of drug-likeness (QED) is 0.341. The SMILES string of the molecule is CC[C@@H](C(=O)NC1CCCC1)N(Cc1ccccc1)C(=O)CN(c1ccc(C)c(C)c1)S(=O)(=O)c1ccccc1. The monoisotopic (exact) mass is 561 g/mol. The van der Waals surface area contributed by atoms with E-state index in [0.29, 0.717) is 12.1 Å². The third-order valence-electron chi connectivity index (χ3n) is 7.67. The zero-order valence-electron chi connectivity index (χ0n) is 23.5. The summed E-state index contributed by atoms with van der Waals surface area (Å²) in [6.07, 6.45) is 4.44. The molecule has 0 spiro atoms. The van der Waals surface area contributed by atoms with Crippen molar-refractivity contribution in [3.63, 3.8) is 0 Å². The van der Waals surface area contributed by atoms with Crippen LogP contribution in [0.1, 0.15) is 55.7 Å². The summed E-state index contributed by atoms with van der Waals surface area (Å²) < 4.78 is 29.0. The molecule has 0 aliphatic heterocycles. The predicted molar refractivity (Wildman–Crippen MR) is 158 cm³/mol. The first-order valence-electron chi connectivity index (χ1n) is 14.0. The number of hydrogen-bond donors (Lipinski definition) is 1. The van der Waals surface area contributed by atoms with Crippen LogP contribution in [0.2, 0.25) is 0 Å². The molecule has 1 aliphatic carbocycles. The normalized spacial score (nSPS) is 14.5. The van der Waals surface area contributed by atoms with Crippen LogP contribution in [0.4, 0.5) is 5.69 Å². The van der Waals surface area contributed by atoms with Crippen molar-refractivity contribution in [1.82, 2.24) is 10.2 Å². The van der Waals surface area contributed by atoms with Crippen LogP contribution in [-0.2, 0) is 26.2 Å². The van der Waals surface area contributed by atoms with Crippen LogP contribution in [0.3, 0.4) is 0 Å². The smallest absolute Gasteiger partial charge is 0.264 e. The molecule has 1 saturated carbocycles. The van der Waals surface area contributed by atoms with Gasteiger partial charge in [-0.25, -0.2) is 8.42 Å². The molecule has 2 amide bonds. The van der Waals surface area contributed by atoms with Gasteiger partial charge in [-0.1, -0.05) is 74.4 Å². The number of sulfonamides is 1.